The highest BCUT2D eigenvalue weighted by Crippen LogP contribution is 2.37. The van der Waals surface area contributed by atoms with E-state index in [-0.39, 0.29) is 6.03 Å². The lowest BCUT2D eigenvalue weighted by Gasteiger charge is -2.08. The smallest absolute Gasteiger partial charge is 0.409 e. The highest BCUT2D eigenvalue weighted by atomic mass is 32.1. The number of anilines is 1. The molecule has 1 aromatic carbocycles. The topological polar surface area (TPSA) is 105 Å². The van der Waals surface area contributed by atoms with Crippen molar-refractivity contribution in [1.29, 1.82) is 0 Å². The molecule has 9 heteroatoms. The number of benzene rings is 1. The number of amides is 3. The van der Waals surface area contributed by atoms with Crippen LogP contribution in [-0.4, -0.2) is 35.2 Å². The number of urea groups is 1. The van der Waals surface area contributed by atoms with Gasteiger partial charge in [0.2, 0.25) is 0 Å². The van der Waals surface area contributed by atoms with Gasteiger partial charge in [0, 0.05) is 31.0 Å². The third kappa shape index (κ3) is 4.50. The van der Waals surface area contributed by atoms with Gasteiger partial charge in [0.25, 0.3) is 0 Å². The first-order chi connectivity index (χ1) is 13.1. The number of ether oxygens (including phenoxy) is 1. The van der Waals surface area contributed by atoms with Gasteiger partial charge in [0.15, 0.2) is 10.9 Å². The molecule has 0 atom stereocenters. The van der Waals surface area contributed by atoms with Crippen molar-refractivity contribution >= 4 is 38.8 Å². The molecule has 3 amide bonds. The Balaban J connectivity index is 2.03. The van der Waals surface area contributed by atoms with Gasteiger partial charge in [-0.05, 0) is 37.6 Å². The summed E-state index contributed by atoms with van der Waals surface area (Å²) in [4.78, 5) is 32.3. The fraction of sp³-hybridized carbons (Fsp3) is 0.222. The van der Waals surface area contributed by atoms with Crippen LogP contribution in [0.15, 0.2) is 36.7 Å². The summed E-state index contributed by atoms with van der Waals surface area (Å²) < 4.78 is 6.13. The van der Waals surface area contributed by atoms with Crippen LogP contribution in [0.1, 0.15) is 13.8 Å². The number of nitrogens with zero attached hydrogens (tertiary/aromatic N) is 2. The fourth-order valence-corrected chi connectivity index (χ4v) is 3.31. The van der Waals surface area contributed by atoms with Crippen LogP contribution in [0.4, 0.5) is 14.7 Å². The van der Waals surface area contributed by atoms with E-state index in [9.17, 15) is 9.59 Å². The number of aromatic nitrogens is 2. The van der Waals surface area contributed by atoms with Crippen molar-refractivity contribution in [2.24, 2.45) is 0 Å². The predicted octanol–water partition coefficient (Wildman–Crippen LogP) is 3.61. The molecule has 0 saturated heterocycles. The number of nitrogens with one attached hydrogen (secondary N) is 3. The first-order valence-corrected chi connectivity index (χ1v) is 9.27. The zero-order valence-corrected chi connectivity index (χ0v) is 15.7. The standard InChI is InChI=1S/C18H19N5O3S/c1-3-20-16(24)23-17-22-13-8-12(11-6-5-7-19-10-11)9-14(15(13)27-17)26-18(25)21-4-2/h5-10H,3-4H2,1-2H3,(H,21,25)(H2,20,22,23,24). The Bertz CT molecular complexity index is 958. The second-order valence-electron chi connectivity index (χ2n) is 5.49. The van der Waals surface area contributed by atoms with Gasteiger partial charge in [-0.15, -0.1) is 0 Å². The summed E-state index contributed by atoms with van der Waals surface area (Å²) in [7, 11) is 0. The van der Waals surface area contributed by atoms with Gasteiger partial charge >= 0.3 is 12.1 Å². The molecule has 3 N–H and O–H groups in total. The average Bonchev–Trinajstić information content (AvgIpc) is 3.05. The lowest BCUT2D eigenvalue weighted by Crippen LogP contribution is -2.28. The van der Waals surface area contributed by atoms with Crippen LogP contribution in [0.5, 0.6) is 5.75 Å². The number of rotatable bonds is 5. The Morgan fingerprint density at radius 2 is 1.96 bits per heavy atom. The molecule has 2 aromatic heterocycles. The second-order valence-corrected chi connectivity index (χ2v) is 6.49. The van der Waals surface area contributed by atoms with Crippen molar-refractivity contribution in [3.05, 3.63) is 36.7 Å². The molecule has 0 spiro atoms. The van der Waals surface area contributed by atoms with Gasteiger partial charge in [-0.1, -0.05) is 17.4 Å². The quantitative estimate of drug-likeness (QED) is 0.622. The van der Waals surface area contributed by atoms with Crippen molar-refractivity contribution in [3.63, 3.8) is 0 Å². The highest BCUT2D eigenvalue weighted by Gasteiger charge is 2.16. The van der Waals surface area contributed by atoms with Gasteiger partial charge < -0.3 is 15.4 Å². The molecule has 0 aliphatic carbocycles. The molecule has 2 heterocycles. The highest BCUT2D eigenvalue weighted by molar-refractivity contribution is 7.22. The predicted molar refractivity (Wildman–Crippen MR) is 105 cm³/mol. The zero-order valence-electron chi connectivity index (χ0n) is 14.9. The molecule has 3 rings (SSSR count). The molecule has 0 bridgehead atoms. The summed E-state index contributed by atoms with van der Waals surface area (Å²) >= 11 is 1.24. The monoisotopic (exact) mass is 385 g/mol. The lowest BCUT2D eigenvalue weighted by atomic mass is 10.1. The van der Waals surface area contributed by atoms with E-state index in [4.69, 9.17) is 4.74 Å². The van der Waals surface area contributed by atoms with Gasteiger partial charge in [-0.2, -0.15) is 0 Å². The van der Waals surface area contributed by atoms with Crippen LogP contribution in [-0.2, 0) is 0 Å². The summed E-state index contributed by atoms with van der Waals surface area (Å²) in [5, 5.41) is 8.36. The molecule has 140 valence electrons. The fourth-order valence-electron chi connectivity index (χ4n) is 2.41. The summed E-state index contributed by atoms with van der Waals surface area (Å²) in [6, 6.07) is 7.03. The number of pyridine rings is 1. The van der Waals surface area contributed by atoms with E-state index in [2.05, 4.69) is 25.9 Å². The number of hydrogen-bond donors (Lipinski definition) is 3. The summed E-state index contributed by atoms with van der Waals surface area (Å²) in [5.41, 5.74) is 2.29. The SMILES string of the molecule is CCNC(=O)Nc1nc2cc(-c3cccnc3)cc(OC(=O)NCC)c2s1. The maximum absolute atomic E-state index is 11.9. The van der Waals surface area contributed by atoms with Crippen molar-refractivity contribution < 1.29 is 14.3 Å². The summed E-state index contributed by atoms with van der Waals surface area (Å²) in [5.74, 6) is 0.374. The van der Waals surface area contributed by atoms with Crippen molar-refractivity contribution in [2.45, 2.75) is 13.8 Å². The number of carbonyl (C=O) groups excluding carboxylic acids is 2. The molecule has 0 fully saturated rings. The molecular formula is C18H19N5O3S. The average molecular weight is 385 g/mol. The number of thiazole rings is 1. The molecule has 0 unspecified atom stereocenters. The van der Waals surface area contributed by atoms with E-state index in [1.807, 2.05) is 32.0 Å². The minimum Gasteiger partial charge on any atom is -0.409 e. The van der Waals surface area contributed by atoms with E-state index in [1.165, 1.54) is 11.3 Å². The lowest BCUT2D eigenvalue weighted by molar-refractivity contribution is 0.202. The Morgan fingerprint density at radius 1 is 1.15 bits per heavy atom. The molecule has 27 heavy (non-hydrogen) atoms. The Hall–Kier alpha value is -3.20. The third-order valence-corrected chi connectivity index (χ3v) is 4.53. The molecule has 3 aromatic rings. The van der Waals surface area contributed by atoms with Gasteiger partial charge in [-0.3, -0.25) is 10.3 Å². The summed E-state index contributed by atoms with van der Waals surface area (Å²) in [6.45, 7) is 4.60. The van der Waals surface area contributed by atoms with Gasteiger partial charge in [0.1, 0.15) is 0 Å². The van der Waals surface area contributed by atoms with Crippen molar-refractivity contribution in [3.8, 4) is 16.9 Å². The number of hydrogen-bond acceptors (Lipinski definition) is 6. The Morgan fingerprint density at radius 3 is 2.67 bits per heavy atom. The minimum atomic E-state index is -0.547. The van der Waals surface area contributed by atoms with Crippen LogP contribution >= 0.6 is 11.3 Å². The number of carbonyl (C=O) groups is 2. The van der Waals surface area contributed by atoms with Crippen LogP contribution in [0.25, 0.3) is 21.3 Å². The Kier molecular flexibility index (Phi) is 5.82. The molecule has 0 aliphatic rings. The van der Waals surface area contributed by atoms with E-state index >= 15 is 0 Å². The molecule has 0 aliphatic heterocycles. The van der Waals surface area contributed by atoms with Crippen molar-refractivity contribution in [1.82, 2.24) is 20.6 Å². The molecular weight excluding hydrogens is 366 g/mol. The second kappa shape index (κ2) is 8.45. The van der Waals surface area contributed by atoms with E-state index in [0.29, 0.717) is 34.2 Å². The van der Waals surface area contributed by atoms with Crippen molar-refractivity contribution in [2.75, 3.05) is 18.4 Å². The zero-order chi connectivity index (χ0) is 19.2. The van der Waals surface area contributed by atoms with E-state index in [0.717, 1.165) is 11.1 Å². The summed E-state index contributed by atoms with van der Waals surface area (Å²) in [6.07, 6.45) is 2.86. The van der Waals surface area contributed by atoms with Gasteiger partial charge in [0.05, 0.1) is 10.2 Å². The van der Waals surface area contributed by atoms with Crippen LogP contribution in [0.2, 0.25) is 0 Å². The van der Waals surface area contributed by atoms with Gasteiger partial charge in [-0.25, -0.2) is 14.6 Å². The largest absolute Gasteiger partial charge is 0.412 e. The van der Waals surface area contributed by atoms with E-state index in [1.54, 1.807) is 18.5 Å². The Labute approximate surface area is 160 Å². The number of fused-ring (bicyclic) bond motifs is 1. The van der Waals surface area contributed by atoms with E-state index < -0.39 is 6.09 Å². The van der Waals surface area contributed by atoms with Crippen LogP contribution in [0, 0.1) is 0 Å². The van der Waals surface area contributed by atoms with Crippen LogP contribution < -0.4 is 20.7 Å². The molecule has 0 saturated carbocycles. The third-order valence-electron chi connectivity index (χ3n) is 3.53. The molecule has 0 radical (unpaired) electrons. The normalized spacial score (nSPS) is 10.4. The maximum Gasteiger partial charge on any atom is 0.412 e. The minimum absolute atomic E-state index is 0.338. The first-order valence-electron chi connectivity index (χ1n) is 8.46. The maximum atomic E-state index is 11.9. The first kappa shape index (κ1) is 18.6. The van der Waals surface area contributed by atoms with Crippen LogP contribution in [0.3, 0.4) is 0 Å². The molecule has 8 nitrogen and oxygen atoms in total.